The zero-order chi connectivity index (χ0) is 10.8. The highest BCUT2D eigenvalue weighted by atomic mass is 19.1. The molecule has 0 fully saturated rings. The highest BCUT2D eigenvalue weighted by molar-refractivity contribution is 5.62. The third-order valence-corrected chi connectivity index (χ3v) is 2.22. The maximum atomic E-state index is 13.0. The van der Waals surface area contributed by atoms with Crippen LogP contribution in [-0.2, 0) is 6.54 Å². The summed E-state index contributed by atoms with van der Waals surface area (Å²) < 4.78 is 14.8. The van der Waals surface area contributed by atoms with Crippen LogP contribution in [0.25, 0.3) is 11.3 Å². The number of aromatic nitrogens is 2. The summed E-state index contributed by atoms with van der Waals surface area (Å²) in [6.45, 7) is 2.68. The van der Waals surface area contributed by atoms with E-state index in [4.69, 9.17) is 5.73 Å². The van der Waals surface area contributed by atoms with Crippen molar-refractivity contribution in [2.24, 2.45) is 0 Å². The Morgan fingerprint density at radius 2 is 2.20 bits per heavy atom. The normalized spacial score (nSPS) is 10.5. The minimum absolute atomic E-state index is 0.255. The maximum Gasteiger partial charge on any atom is 0.146 e. The summed E-state index contributed by atoms with van der Waals surface area (Å²) in [6, 6.07) is 8.15. The maximum absolute atomic E-state index is 13.0. The highest BCUT2D eigenvalue weighted by Crippen LogP contribution is 2.22. The molecule has 0 aliphatic carbocycles. The van der Waals surface area contributed by atoms with Crippen LogP contribution >= 0.6 is 0 Å². The SMILES string of the molecule is CCn1nc(N)cc1-c1cccc(F)c1. The third kappa shape index (κ3) is 1.83. The Morgan fingerprint density at radius 1 is 1.40 bits per heavy atom. The molecule has 2 aromatic rings. The number of halogens is 1. The van der Waals surface area contributed by atoms with Crippen LogP contribution in [0.4, 0.5) is 10.2 Å². The number of nitrogens with zero attached hydrogens (tertiary/aromatic N) is 2. The van der Waals surface area contributed by atoms with Crippen LogP contribution < -0.4 is 5.73 Å². The Bertz CT molecular complexity index is 476. The largest absolute Gasteiger partial charge is 0.382 e. The monoisotopic (exact) mass is 205 g/mol. The van der Waals surface area contributed by atoms with Crippen LogP contribution in [0, 0.1) is 5.82 Å². The first-order valence-electron chi connectivity index (χ1n) is 4.80. The predicted octanol–water partition coefficient (Wildman–Crippen LogP) is 2.29. The molecule has 0 saturated carbocycles. The number of hydrogen-bond donors (Lipinski definition) is 1. The lowest BCUT2D eigenvalue weighted by Crippen LogP contribution is -1.99. The van der Waals surface area contributed by atoms with Gasteiger partial charge in [0.15, 0.2) is 0 Å². The summed E-state index contributed by atoms with van der Waals surface area (Å²) in [5, 5.41) is 4.11. The zero-order valence-corrected chi connectivity index (χ0v) is 8.44. The summed E-state index contributed by atoms with van der Waals surface area (Å²) in [7, 11) is 0. The fraction of sp³-hybridized carbons (Fsp3) is 0.182. The lowest BCUT2D eigenvalue weighted by molar-refractivity contribution is 0.627. The van der Waals surface area contributed by atoms with Crippen LogP contribution in [0.1, 0.15) is 6.92 Å². The molecule has 1 heterocycles. The molecule has 2 rings (SSSR count). The van der Waals surface area contributed by atoms with Gasteiger partial charge in [0.25, 0.3) is 0 Å². The molecule has 1 aromatic carbocycles. The van der Waals surface area contributed by atoms with Gasteiger partial charge in [-0.3, -0.25) is 4.68 Å². The average molecular weight is 205 g/mol. The van der Waals surface area contributed by atoms with Gasteiger partial charge < -0.3 is 5.73 Å². The van der Waals surface area contributed by atoms with E-state index in [1.54, 1.807) is 16.8 Å². The van der Waals surface area contributed by atoms with Gasteiger partial charge in [-0.2, -0.15) is 5.10 Å². The summed E-state index contributed by atoms with van der Waals surface area (Å²) in [5.74, 6) is 0.200. The van der Waals surface area contributed by atoms with E-state index in [9.17, 15) is 4.39 Å². The minimum atomic E-state index is -0.255. The first-order chi connectivity index (χ1) is 7.20. The average Bonchev–Trinajstić information content (AvgIpc) is 2.59. The standard InChI is InChI=1S/C11H12FN3/c1-2-15-10(7-11(13)14-15)8-4-3-5-9(12)6-8/h3-7H,2H2,1H3,(H2,13,14). The minimum Gasteiger partial charge on any atom is -0.382 e. The van der Waals surface area contributed by atoms with Crippen molar-refractivity contribution in [1.29, 1.82) is 0 Å². The first kappa shape index (κ1) is 9.71. The van der Waals surface area contributed by atoms with Crippen LogP contribution in [0.5, 0.6) is 0 Å². The van der Waals surface area contributed by atoms with Gasteiger partial charge in [0.2, 0.25) is 0 Å². The first-order valence-corrected chi connectivity index (χ1v) is 4.80. The second-order valence-electron chi connectivity index (χ2n) is 3.28. The zero-order valence-electron chi connectivity index (χ0n) is 8.44. The molecule has 0 radical (unpaired) electrons. The van der Waals surface area contributed by atoms with Gasteiger partial charge >= 0.3 is 0 Å². The van der Waals surface area contributed by atoms with Crippen molar-refractivity contribution in [3.05, 3.63) is 36.1 Å². The second kappa shape index (κ2) is 3.73. The van der Waals surface area contributed by atoms with Gasteiger partial charge in [0.1, 0.15) is 11.6 Å². The van der Waals surface area contributed by atoms with E-state index in [2.05, 4.69) is 5.10 Å². The van der Waals surface area contributed by atoms with Gasteiger partial charge in [-0.15, -0.1) is 0 Å². The molecule has 0 saturated heterocycles. The van der Waals surface area contributed by atoms with Gasteiger partial charge in [-0.25, -0.2) is 4.39 Å². The Hall–Kier alpha value is -1.84. The van der Waals surface area contributed by atoms with Crippen molar-refractivity contribution in [2.75, 3.05) is 5.73 Å². The van der Waals surface area contributed by atoms with Crippen molar-refractivity contribution >= 4 is 5.82 Å². The van der Waals surface area contributed by atoms with Crippen LogP contribution in [-0.4, -0.2) is 9.78 Å². The van der Waals surface area contributed by atoms with Gasteiger partial charge in [0, 0.05) is 18.2 Å². The Kier molecular flexibility index (Phi) is 2.41. The number of aryl methyl sites for hydroxylation is 1. The Morgan fingerprint density at radius 3 is 2.87 bits per heavy atom. The summed E-state index contributed by atoms with van der Waals surface area (Å²) in [5.41, 5.74) is 7.24. The lowest BCUT2D eigenvalue weighted by atomic mass is 10.1. The molecule has 15 heavy (non-hydrogen) atoms. The van der Waals surface area contributed by atoms with Crippen LogP contribution in [0.2, 0.25) is 0 Å². The van der Waals surface area contributed by atoms with Gasteiger partial charge in [-0.1, -0.05) is 12.1 Å². The van der Waals surface area contributed by atoms with E-state index < -0.39 is 0 Å². The molecular formula is C11H12FN3. The highest BCUT2D eigenvalue weighted by Gasteiger charge is 2.07. The molecule has 0 atom stereocenters. The third-order valence-electron chi connectivity index (χ3n) is 2.22. The lowest BCUT2D eigenvalue weighted by Gasteiger charge is -2.03. The summed E-state index contributed by atoms with van der Waals surface area (Å²) in [4.78, 5) is 0. The number of nitrogen functional groups attached to an aromatic ring is 1. The van der Waals surface area contributed by atoms with Gasteiger partial charge in [-0.05, 0) is 19.1 Å². The fourth-order valence-electron chi connectivity index (χ4n) is 1.56. The quantitative estimate of drug-likeness (QED) is 0.817. The van der Waals surface area contributed by atoms with E-state index in [1.165, 1.54) is 12.1 Å². The summed E-state index contributed by atoms with van der Waals surface area (Å²) >= 11 is 0. The van der Waals surface area contributed by atoms with E-state index in [0.717, 1.165) is 11.3 Å². The van der Waals surface area contributed by atoms with Crippen molar-refractivity contribution in [1.82, 2.24) is 9.78 Å². The van der Waals surface area contributed by atoms with Gasteiger partial charge in [0.05, 0.1) is 5.69 Å². The van der Waals surface area contributed by atoms with Crippen molar-refractivity contribution in [2.45, 2.75) is 13.5 Å². The van der Waals surface area contributed by atoms with E-state index in [-0.39, 0.29) is 5.82 Å². The van der Waals surface area contributed by atoms with Crippen molar-refractivity contribution < 1.29 is 4.39 Å². The molecule has 0 amide bonds. The predicted molar refractivity (Wildman–Crippen MR) is 57.7 cm³/mol. The molecule has 4 heteroatoms. The molecule has 0 aliphatic rings. The smallest absolute Gasteiger partial charge is 0.146 e. The topological polar surface area (TPSA) is 43.8 Å². The Labute approximate surface area is 87.3 Å². The van der Waals surface area contributed by atoms with Crippen LogP contribution in [0.15, 0.2) is 30.3 Å². The molecule has 3 nitrogen and oxygen atoms in total. The van der Waals surface area contributed by atoms with Crippen LogP contribution in [0.3, 0.4) is 0 Å². The number of hydrogen-bond acceptors (Lipinski definition) is 2. The number of nitrogens with two attached hydrogens (primary N) is 1. The van der Waals surface area contributed by atoms with Crippen molar-refractivity contribution in [3.63, 3.8) is 0 Å². The molecule has 78 valence electrons. The van der Waals surface area contributed by atoms with E-state index >= 15 is 0 Å². The van der Waals surface area contributed by atoms with E-state index in [0.29, 0.717) is 12.4 Å². The molecule has 0 bridgehead atoms. The molecular weight excluding hydrogens is 193 g/mol. The molecule has 0 spiro atoms. The molecule has 2 N–H and O–H groups in total. The number of anilines is 1. The van der Waals surface area contributed by atoms with E-state index in [1.807, 2.05) is 13.0 Å². The fourth-order valence-corrected chi connectivity index (χ4v) is 1.56. The molecule has 0 unspecified atom stereocenters. The number of benzene rings is 1. The number of rotatable bonds is 2. The Balaban J connectivity index is 2.53. The summed E-state index contributed by atoms with van der Waals surface area (Å²) in [6.07, 6.45) is 0. The second-order valence-corrected chi connectivity index (χ2v) is 3.28. The molecule has 1 aromatic heterocycles. The molecule has 0 aliphatic heterocycles. The van der Waals surface area contributed by atoms with Crippen molar-refractivity contribution in [3.8, 4) is 11.3 Å².